The second kappa shape index (κ2) is 7.28. The minimum absolute atomic E-state index is 0.355. The zero-order valence-electron chi connectivity index (χ0n) is 12.0. The van der Waals surface area contributed by atoms with Crippen LogP contribution in [0.25, 0.3) is 0 Å². The fraction of sp³-hybridized carbons (Fsp3) is 0.250. The smallest absolute Gasteiger partial charge is 0.252 e. The van der Waals surface area contributed by atoms with E-state index in [0.29, 0.717) is 17.9 Å². The Hall–Kier alpha value is -2.56. The SMILES string of the molecule is CCCNc1cc(COc2ccccc2C(N)=O)ccn1. The Kier molecular flexibility index (Phi) is 5.15. The van der Waals surface area contributed by atoms with Gasteiger partial charge in [0.2, 0.25) is 0 Å². The average molecular weight is 285 g/mol. The van der Waals surface area contributed by atoms with E-state index in [1.54, 1.807) is 24.4 Å². The minimum Gasteiger partial charge on any atom is -0.488 e. The fourth-order valence-corrected chi connectivity index (χ4v) is 1.87. The van der Waals surface area contributed by atoms with E-state index in [9.17, 15) is 4.79 Å². The summed E-state index contributed by atoms with van der Waals surface area (Å²) in [6.45, 7) is 3.33. The number of aromatic nitrogens is 1. The minimum atomic E-state index is -0.495. The van der Waals surface area contributed by atoms with Gasteiger partial charge >= 0.3 is 0 Å². The topological polar surface area (TPSA) is 77.2 Å². The lowest BCUT2D eigenvalue weighted by molar-refractivity contribution is 0.0996. The van der Waals surface area contributed by atoms with Gasteiger partial charge in [-0.25, -0.2) is 4.98 Å². The van der Waals surface area contributed by atoms with Gasteiger partial charge in [0.15, 0.2) is 0 Å². The predicted molar refractivity (Wildman–Crippen MR) is 82.3 cm³/mol. The summed E-state index contributed by atoms with van der Waals surface area (Å²) in [6, 6.07) is 10.8. The molecule has 1 aromatic carbocycles. The predicted octanol–water partition coefficient (Wildman–Crippen LogP) is 2.58. The third-order valence-corrected chi connectivity index (χ3v) is 2.93. The van der Waals surface area contributed by atoms with Crippen LogP contribution in [-0.4, -0.2) is 17.4 Å². The van der Waals surface area contributed by atoms with E-state index in [2.05, 4.69) is 17.2 Å². The van der Waals surface area contributed by atoms with Crippen LogP contribution in [0.2, 0.25) is 0 Å². The Balaban J connectivity index is 2.05. The van der Waals surface area contributed by atoms with Gasteiger partial charge in [-0.3, -0.25) is 4.79 Å². The Labute approximate surface area is 124 Å². The Morgan fingerprint density at radius 2 is 2.14 bits per heavy atom. The summed E-state index contributed by atoms with van der Waals surface area (Å²) in [5.41, 5.74) is 6.68. The zero-order valence-corrected chi connectivity index (χ0v) is 12.0. The molecule has 0 saturated carbocycles. The molecule has 0 aliphatic heterocycles. The molecule has 0 radical (unpaired) electrons. The quantitative estimate of drug-likeness (QED) is 0.819. The molecule has 110 valence electrons. The molecule has 1 amide bonds. The second-order valence-corrected chi connectivity index (χ2v) is 4.63. The number of hydrogen-bond donors (Lipinski definition) is 2. The van der Waals surface area contributed by atoms with Crippen LogP contribution in [0.15, 0.2) is 42.6 Å². The number of nitrogens with two attached hydrogens (primary N) is 1. The van der Waals surface area contributed by atoms with Gasteiger partial charge in [-0.05, 0) is 36.2 Å². The highest BCUT2D eigenvalue weighted by atomic mass is 16.5. The first-order chi connectivity index (χ1) is 10.2. The molecule has 0 saturated heterocycles. The van der Waals surface area contributed by atoms with Crippen LogP contribution in [0.1, 0.15) is 29.3 Å². The number of benzene rings is 1. The van der Waals surface area contributed by atoms with Crippen molar-refractivity contribution in [2.75, 3.05) is 11.9 Å². The normalized spacial score (nSPS) is 10.1. The van der Waals surface area contributed by atoms with E-state index >= 15 is 0 Å². The first kappa shape index (κ1) is 14.8. The molecule has 0 bridgehead atoms. The molecule has 0 aliphatic carbocycles. The Bertz CT molecular complexity index is 614. The number of nitrogens with zero attached hydrogens (tertiary/aromatic N) is 1. The molecule has 0 atom stereocenters. The summed E-state index contributed by atoms with van der Waals surface area (Å²) in [6.07, 6.45) is 2.77. The van der Waals surface area contributed by atoms with E-state index in [4.69, 9.17) is 10.5 Å². The van der Waals surface area contributed by atoms with Crippen LogP contribution in [0, 0.1) is 0 Å². The van der Waals surface area contributed by atoms with E-state index in [1.165, 1.54) is 0 Å². The van der Waals surface area contributed by atoms with E-state index in [0.717, 1.165) is 24.3 Å². The maximum atomic E-state index is 11.3. The molecule has 0 unspecified atom stereocenters. The molecule has 5 nitrogen and oxygen atoms in total. The highest BCUT2D eigenvalue weighted by molar-refractivity contribution is 5.95. The van der Waals surface area contributed by atoms with E-state index in [1.807, 2.05) is 18.2 Å². The third kappa shape index (κ3) is 4.21. The van der Waals surface area contributed by atoms with Gasteiger partial charge in [-0.15, -0.1) is 0 Å². The lowest BCUT2D eigenvalue weighted by Crippen LogP contribution is -2.13. The number of amides is 1. The van der Waals surface area contributed by atoms with Crippen molar-refractivity contribution < 1.29 is 9.53 Å². The first-order valence-corrected chi connectivity index (χ1v) is 6.91. The lowest BCUT2D eigenvalue weighted by Gasteiger charge is -2.10. The molecule has 0 spiro atoms. The van der Waals surface area contributed by atoms with Crippen molar-refractivity contribution in [2.24, 2.45) is 5.73 Å². The number of nitrogens with one attached hydrogen (secondary N) is 1. The van der Waals surface area contributed by atoms with Crippen LogP contribution in [0.3, 0.4) is 0 Å². The second-order valence-electron chi connectivity index (χ2n) is 4.63. The highest BCUT2D eigenvalue weighted by Gasteiger charge is 2.08. The molecule has 5 heteroatoms. The molecule has 1 aromatic heterocycles. The molecule has 2 aromatic rings. The summed E-state index contributed by atoms with van der Waals surface area (Å²) in [5, 5.41) is 3.22. The third-order valence-electron chi connectivity index (χ3n) is 2.93. The number of pyridine rings is 1. The van der Waals surface area contributed by atoms with Gasteiger partial charge in [-0.1, -0.05) is 19.1 Å². The summed E-state index contributed by atoms with van der Waals surface area (Å²) >= 11 is 0. The van der Waals surface area contributed by atoms with Gasteiger partial charge in [0, 0.05) is 12.7 Å². The fourth-order valence-electron chi connectivity index (χ4n) is 1.87. The number of primary amides is 1. The van der Waals surface area contributed by atoms with Crippen LogP contribution >= 0.6 is 0 Å². The molecular formula is C16H19N3O2. The molecule has 0 fully saturated rings. The highest BCUT2D eigenvalue weighted by Crippen LogP contribution is 2.19. The summed E-state index contributed by atoms with van der Waals surface area (Å²) < 4.78 is 5.69. The van der Waals surface area contributed by atoms with Crippen LogP contribution in [0.4, 0.5) is 5.82 Å². The molecule has 21 heavy (non-hydrogen) atoms. The number of hydrogen-bond acceptors (Lipinski definition) is 4. The summed E-state index contributed by atoms with van der Waals surface area (Å²) in [4.78, 5) is 15.6. The largest absolute Gasteiger partial charge is 0.488 e. The molecule has 3 N–H and O–H groups in total. The van der Waals surface area contributed by atoms with E-state index < -0.39 is 5.91 Å². The van der Waals surface area contributed by atoms with Gasteiger partial charge in [0.1, 0.15) is 18.2 Å². The van der Waals surface area contributed by atoms with Crippen LogP contribution in [0.5, 0.6) is 5.75 Å². The van der Waals surface area contributed by atoms with Crippen LogP contribution in [-0.2, 0) is 6.61 Å². The molecule has 2 rings (SSSR count). The lowest BCUT2D eigenvalue weighted by atomic mass is 10.2. The zero-order chi connectivity index (χ0) is 15.1. The van der Waals surface area contributed by atoms with E-state index in [-0.39, 0.29) is 0 Å². The van der Waals surface area contributed by atoms with Gasteiger partial charge in [0.25, 0.3) is 5.91 Å². The van der Waals surface area contributed by atoms with Crippen molar-refractivity contribution in [1.29, 1.82) is 0 Å². The van der Waals surface area contributed by atoms with Crippen molar-refractivity contribution in [3.05, 3.63) is 53.7 Å². The number of carbonyl (C=O) groups is 1. The van der Waals surface area contributed by atoms with Crippen molar-refractivity contribution in [2.45, 2.75) is 20.0 Å². The van der Waals surface area contributed by atoms with Crippen LogP contribution < -0.4 is 15.8 Å². The van der Waals surface area contributed by atoms with Crippen molar-refractivity contribution in [3.8, 4) is 5.75 Å². The number of rotatable bonds is 7. The van der Waals surface area contributed by atoms with Gasteiger partial charge < -0.3 is 15.8 Å². The number of anilines is 1. The number of carbonyl (C=O) groups excluding carboxylic acids is 1. The first-order valence-electron chi connectivity index (χ1n) is 6.91. The average Bonchev–Trinajstić information content (AvgIpc) is 2.51. The molecule has 1 heterocycles. The summed E-state index contributed by atoms with van der Waals surface area (Å²) in [7, 11) is 0. The monoisotopic (exact) mass is 285 g/mol. The summed E-state index contributed by atoms with van der Waals surface area (Å²) in [5.74, 6) is 0.816. The molecule has 0 aliphatic rings. The van der Waals surface area contributed by atoms with Gasteiger partial charge in [-0.2, -0.15) is 0 Å². The maximum Gasteiger partial charge on any atom is 0.252 e. The van der Waals surface area contributed by atoms with Crippen molar-refractivity contribution >= 4 is 11.7 Å². The number of ether oxygens (including phenoxy) is 1. The van der Waals surface area contributed by atoms with Gasteiger partial charge in [0.05, 0.1) is 5.56 Å². The standard InChI is InChI=1S/C16H19N3O2/c1-2-8-18-15-10-12(7-9-19-15)11-21-14-6-4-3-5-13(14)16(17)20/h3-7,9-10H,2,8,11H2,1H3,(H2,17,20)(H,18,19). The number of para-hydroxylation sites is 1. The van der Waals surface area contributed by atoms with Crippen molar-refractivity contribution in [3.63, 3.8) is 0 Å². The Morgan fingerprint density at radius 1 is 1.33 bits per heavy atom. The molecular weight excluding hydrogens is 266 g/mol. The van der Waals surface area contributed by atoms with Crippen molar-refractivity contribution in [1.82, 2.24) is 4.98 Å². The Morgan fingerprint density at radius 3 is 2.90 bits per heavy atom. The maximum absolute atomic E-state index is 11.3.